The molecule has 0 bridgehead atoms. The van der Waals surface area contributed by atoms with Gasteiger partial charge in [0.1, 0.15) is 5.02 Å². The van der Waals surface area contributed by atoms with E-state index in [1.807, 2.05) is 0 Å². The Kier molecular flexibility index (Phi) is 4.22. The highest BCUT2D eigenvalue weighted by atomic mass is 35.5. The van der Waals surface area contributed by atoms with Gasteiger partial charge in [0.25, 0.3) is 0 Å². The molecule has 1 N–H and O–H groups in total. The van der Waals surface area contributed by atoms with Crippen LogP contribution in [-0.4, -0.2) is 13.4 Å². The number of aromatic amines is 1. The Balaban J connectivity index is 2.43. The van der Waals surface area contributed by atoms with Crippen molar-refractivity contribution in [3.63, 3.8) is 0 Å². The molecule has 0 amide bonds. The Morgan fingerprint density at radius 3 is 2.50 bits per heavy atom. The first-order chi connectivity index (χ1) is 9.31. The van der Waals surface area contributed by atoms with Crippen molar-refractivity contribution in [2.75, 3.05) is 0 Å². The minimum atomic E-state index is -3.65. The summed E-state index contributed by atoms with van der Waals surface area (Å²) < 4.78 is 24.5. The molecule has 20 heavy (non-hydrogen) atoms. The maximum absolute atomic E-state index is 12.3. The highest BCUT2D eigenvalue weighted by Crippen LogP contribution is 2.22. The molecule has 1 heterocycles. The second-order valence-corrected chi connectivity index (χ2v) is 7.13. The van der Waals surface area contributed by atoms with E-state index >= 15 is 0 Å². The number of halogens is 2. The Hall–Kier alpha value is -1.30. The number of hydrogen-bond acceptors (Lipinski definition) is 3. The summed E-state index contributed by atoms with van der Waals surface area (Å²) in [6, 6.07) is 4.47. The third-order valence-corrected chi connectivity index (χ3v) is 5.18. The lowest BCUT2D eigenvalue weighted by atomic mass is 10.2. The number of rotatable bonds is 3. The van der Waals surface area contributed by atoms with Crippen LogP contribution in [0.15, 0.2) is 40.3 Å². The molecule has 0 unspecified atom stereocenters. The average Bonchev–Trinajstić information content (AvgIpc) is 2.38. The summed E-state index contributed by atoms with van der Waals surface area (Å²) in [4.78, 5) is 14.5. The molecule has 106 valence electrons. The zero-order valence-electron chi connectivity index (χ0n) is 10.5. The van der Waals surface area contributed by atoms with Gasteiger partial charge >= 0.3 is 0 Å². The van der Waals surface area contributed by atoms with Gasteiger partial charge in [-0.2, -0.15) is 0 Å². The zero-order chi connectivity index (χ0) is 14.9. The summed E-state index contributed by atoms with van der Waals surface area (Å²) in [6.45, 7) is 1.78. The normalized spacial score (nSPS) is 11.6. The van der Waals surface area contributed by atoms with E-state index in [9.17, 15) is 13.2 Å². The van der Waals surface area contributed by atoms with Crippen LogP contribution in [-0.2, 0) is 15.6 Å². The average molecular weight is 332 g/mol. The third-order valence-electron chi connectivity index (χ3n) is 2.82. The Labute approximate surface area is 126 Å². The van der Waals surface area contributed by atoms with E-state index in [-0.39, 0.29) is 15.5 Å². The molecule has 0 saturated heterocycles. The van der Waals surface area contributed by atoms with E-state index in [1.165, 1.54) is 24.5 Å². The molecule has 0 fully saturated rings. The lowest BCUT2D eigenvalue weighted by Crippen LogP contribution is -2.15. The van der Waals surface area contributed by atoms with Gasteiger partial charge in [-0.3, -0.25) is 4.79 Å². The third kappa shape index (κ3) is 3.06. The van der Waals surface area contributed by atoms with E-state index in [2.05, 4.69) is 4.98 Å². The number of nitrogens with one attached hydrogen (secondary N) is 1. The number of benzene rings is 1. The summed E-state index contributed by atoms with van der Waals surface area (Å²) in [6.07, 6.45) is 2.64. The zero-order valence-corrected chi connectivity index (χ0v) is 12.8. The molecule has 4 nitrogen and oxygen atoms in total. The molecule has 0 saturated carbocycles. The highest BCUT2D eigenvalue weighted by molar-refractivity contribution is 7.90. The van der Waals surface area contributed by atoms with E-state index < -0.39 is 21.0 Å². The first-order valence-electron chi connectivity index (χ1n) is 5.65. The lowest BCUT2D eigenvalue weighted by Gasteiger charge is -2.06. The number of hydrogen-bond donors (Lipinski definition) is 1. The van der Waals surface area contributed by atoms with E-state index in [0.717, 1.165) is 5.56 Å². The summed E-state index contributed by atoms with van der Waals surface area (Å²) in [5.41, 5.74) is 0.382. The Morgan fingerprint density at radius 1 is 1.15 bits per heavy atom. The Bertz CT molecular complexity index is 813. The van der Waals surface area contributed by atoms with Crippen LogP contribution < -0.4 is 5.43 Å². The number of sulfone groups is 1. The molecular formula is C13H11Cl2NO3S. The summed E-state index contributed by atoms with van der Waals surface area (Å²) in [7, 11) is -3.65. The molecule has 1 aromatic heterocycles. The van der Waals surface area contributed by atoms with E-state index in [0.29, 0.717) is 5.02 Å². The van der Waals surface area contributed by atoms with Crippen LogP contribution in [0.2, 0.25) is 10.0 Å². The van der Waals surface area contributed by atoms with Crippen molar-refractivity contribution in [1.29, 1.82) is 0 Å². The van der Waals surface area contributed by atoms with Crippen molar-refractivity contribution < 1.29 is 8.42 Å². The van der Waals surface area contributed by atoms with E-state index in [1.54, 1.807) is 13.0 Å². The molecule has 1 aromatic carbocycles. The van der Waals surface area contributed by atoms with Crippen LogP contribution in [0.25, 0.3) is 0 Å². The molecule has 2 rings (SSSR count). The predicted molar refractivity (Wildman–Crippen MR) is 79.2 cm³/mol. The predicted octanol–water partition coefficient (Wildman–Crippen LogP) is 2.96. The quantitative estimate of drug-likeness (QED) is 0.940. The van der Waals surface area contributed by atoms with Gasteiger partial charge in [0.15, 0.2) is 9.84 Å². The molecule has 7 heteroatoms. The van der Waals surface area contributed by atoms with E-state index in [4.69, 9.17) is 23.2 Å². The van der Waals surface area contributed by atoms with Crippen LogP contribution in [0, 0.1) is 6.92 Å². The topological polar surface area (TPSA) is 67.0 Å². The van der Waals surface area contributed by atoms with Gasteiger partial charge in [0.05, 0.1) is 10.6 Å². The maximum atomic E-state index is 12.3. The first kappa shape index (κ1) is 15.1. The summed E-state index contributed by atoms with van der Waals surface area (Å²) in [5, 5.41) is 0.325. The van der Waals surface area contributed by atoms with Gasteiger partial charge < -0.3 is 4.98 Å². The van der Waals surface area contributed by atoms with Gasteiger partial charge in [-0.25, -0.2) is 8.42 Å². The minimum Gasteiger partial charge on any atom is -0.366 e. The Morgan fingerprint density at radius 2 is 1.85 bits per heavy atom. The van der Waals surface area contributed by atoms with Crippen molar-refractivity contribution in [2.45, 2.75) is 17.6 Å². The number of pyridine rings is 1. The smallest absolute Gasteiger partial charge is 0.204 e. The standard InChI is InChI=1S/C13H11Cl2NO3S/c1-8-2-3-10(4-11(8)14)20(18,19)7-9-5-16-6-12(15)13(9)17/h2-6H,7H2,1H3,(H,16,17). The van der Waals surface area contributed by atoms with Gasteiger partial charge in [0, 0.05) is 23.0 Å². The number of H-pyrrole nitrogens is 1. The van der Waals surface area contributed by atoms with Crippen LogP contribution in [0.4, 0.5) is 0 Å². The fourth-order valence-corrected chi connectivity index (χ4v) is 3.46. The monoisotopic (exact) mass is 331 g/mol. The highest BCUT2D eigenvalue weighted by Gasteiger charge is 2.18. The molecule has 0 atom stereocenters. The summed E-state index contributed by atoms with van der Waals surface area (Å²) >= 11 is 11.6. The number of aryl methyl sites for hydroxylation is 1. The van der Waals surface area contributed by atoms with Crippen molar-refractivity contribution in [1.82, 2.24) is 4.98 Å². The SMILES string of the molecule is Cc1ccc(S(=O)(=O)Cc2c[nH]cc(Cl)c2=O)cc1Cl. The van der Waals surface area contributed by atoms with Crippen molar-refractivity contribution in [2.24, 2.45) is 0 Å². The van der Waals surface area contributed by atoms with Crippen molar-refractivity contribution in [3.8, 4) is 0 Å². The molecule has 0 aliphatic carbocycles. The van der Waals surface area contributed by atoms with Crippen LogP contribution in [0.1, 0.15) is 11.1 Å². The second kappa shape index (κ2) is 5.60. The fourth-order valence-electron chi connectivity index (χ4n) is 1.66. The fraction of sp³-hybridized carbons (Fsp3) is 0.154. The lowest BCUT2D eigenvalue weighted by molar-refractivity contribution is 0.595. The first-order valence-corrected chi connectivity index (χ1v) is 8.06. The number of aromatic nitrogens is 1. The van der Waals surface area contributed by atoms with Gasteiger partial charge in [-0.05, 0) is 24.6 Å². The maximum Gasteiger partial charge on any atom is 0.204 e. The van der Waals surface area contributed by atoms with Crippen LogP contribution in [0.5, 0.6) is 0 Å². The van der Waals surface area contributed by atoms with Gasteiger partial charge in [0.2, 0.25) is 5.43 Å². The largest absolute Gasteiger partial charge is 0.366 e. The van der Waals surface area contributed by atoms with Crippen molar-refractivity contribution >= 4 is 33.0 Å². The van der Waals surface area contributed by atoms with Crippen LogP contribution in [0.3, 0.4) is 0 Å². The van der Waals surface area contributed by atoms with Gasteiger partial charge in [-0.15, -0.1) is 0 Å². The molecule has 0 aliphatic rings. The molecular weight excluding hydrogens is 321 g/mol. The molecule has 2 aromatic rings. The molecule has 0 aliphatic heterocycles. The second-order valence-electron chi connectivity index (χ2n) is 4.33. The van der Waals surface area contributed by atoms with Crippen LogP contribution >= 0.6 is 23.2 Å². The summed E-state index contributed by atoms with van der Waals surface area (Å²) in [5.74, 6) is -0.428. The molecule has 0 spiro atoms. The minimum absolute atomic E-state index is 0.0420. The molecule has 0 radical (unpaired) electrons. The van der Waals surface area contributed by atoms with Gasteiger partial charge in [-0.1, -0.05) is 29.3 Å². The van der Waals surface area contributed by atoms with Crippen molar-refractivity contribution in [3.05, 3.63) is 62.0 Å².